The summed E-state index contributed by atoms with van der Waals surface area (Å²) in [6.07, 6.45) is 1.93. The lowest BCUT2D eigenvalue weighted by Crippen LogP contribution is -2.45. The highest BCUT2D eigenvalue weighted by Gasteiger charge is 2.23. The molecule has 1 fully saturated rings. The van der Waals surface area contributed by atoms with Gasteiger partial charge in [0.15, 0.2) is 0 Å². The number of nitrogens with two attached hydrogens (primary N) is 1. The SMILES string of the molecule is COc1cc(OC)cc(C(=O)N2CCC[C@@H](N)C2)c1.Cl. The molecule has 1 saturated heterocycles. The van der Waals surface area contributed by atoms with Gasteiger partial charge in [0.2, 0.25) is 0 Å². The van der Waals surface area contributed by atoms with Crippen LogP contribution in [0.1, 0.15) is 23.2 Å². The summed E-state index contributed by atoms with van der Waals surface area (Å²) in [4.78, 5) is 14.2. The number of halogens is 1. The normalized spacial score (nSPS) is 18.1. The van der Waals surface area contributed by atoms with E-state index >= 15 is 0 Å². The predicted octanol–water partition coefficient (Wildman–Crippen LogP) is 1.69. The number of rotatable bonds is 3. The van der Waals surface area contributed by atoms with Crippen LogP contribution in [0.5, 0.6) is 11.5 Å². The van der Waals surface area contributed by atoms with E-state index in [0.29, 0.717) is 23.6 Å². The number of nitrogens with zero attached hydrogens (tertiary/aromatic N) is 1. The van der Waals surface area contributed by atoms with Gasteiger partial charge in [0.25, 0.3) is 5.91 Å². The maximum atomic E-state index is 12.4. The number of likely N-dealkylation sites (tertiary alicyclic amines) is 1. The average molecular weight is 301 g/mol. The molecule has 2 rings (SSSR count). The summed E-state index contributed by atoms with van der Waals surface area (Å²) in [5.74, 6) is 1.21. The Hall–Kier alpha value is -1.46. The van der Waals surface area contributed by atoms with E-state index in [4.69, 9.17) is 15.2 Å². The zero-order valence-corrected chi connectivity index (χ0v) is 12.6. The van der Waals surface area contributed by atoms with Crippen molar-refractivity contribution in [3.63, 3.8) is 0 Å². The van der Waals surface area contributed by atoms with Gasteiger partial charge in [-0.05, 0) is 25.0 Å². The molecule has 1 heterocycles. The van der Waals surface area contributed by atoms with Crippen LogP contribution < -0.4 is 15.2 Å². The second kappa shape index (κ2) is 7.36. The Labute approximate surface area is 125 Å². The molecule has 0 aromatic heterocycles. The number of benzene rings is 1. The summed E-state index contributed by atoms with van der Waals surface area (Å²) in [6, 6.07) is 5.28. The lowest BCUT2D eigenvalue weighted by atomic mass is 10.1. The quantitative estimate of drug-likeness (QED) is 0.922. The van der Waals surface area contributed by atoms with Gasteiger partial charge in [-0.15, -0.1) is 12.4 Å². The lowest BCUT2D eigenvalue weighted by molar-refractivity contribution is 0.0708. The molecule has 0 saturated carbocycles. The first-order valence-corrected chi connectivity index (χ1v) is 6.42. The number of hydrogen-bond acceptors (Lipinski definition) is 4. The van der Waals surface area contributed by atoms with E-state index in [1.165, 1.54) is 0 Å². The zero-order chi connectivity index (χ0) is 13.8. The van der Waals surface area contributed by atoms with Gasteiger partial charge < -0.3 is 20.1 Å². The molecule has 0 aliphatic carbocycles. The fraction of sp³-hybridized carbons (Fsp3) is 0.500. The zero-order valence-electron chi connectivity index (χ0n) is 11.8. The van der Waals surface area contributed by atoms with E-state index in [0.717, 1.165) is 19.4 Å². The molecule has 1 atom stereocenters. The monoisotopic (exact) mass is 300 g/mol. The summed E-state index contributed by atoms with van der Waals surface area (Å²) >= 11 is 0. The second-order valence-electron chi connectivity index (χ2n) is 4.75. The van der Waals surface area contributed by atoms with Gasteiger partial charge in [-0.1, -0.05) is 0 Å². The molecule has 6 heteroatoms. The lowest BCUT2D eigenvalue weighted by Gasteiger charge is -2.31. The maximum Gasteiger partial charge on any atom is 0.254 e. The first kappa shape index (κ1) is 16.6. The Balaban J connectivity index is 0.00000200. The van der Waals surface area contributed by atoms with E-state index in [-0.39, 0.29) is 24.4 Å². The fourth-order valence-corrected chi connectivity index (χ4v) is 2.31. The van der Waals surface area contributed by atoms with E-state index < -0.39 is 0 Å². The molecule has 5 nitrogen and oxygen atoms in total. The highest BCUT2D eigenvalue weighted by molar-refractivity contribution is 5.95. The van der Waals surface area contributed by atoms with Crippen LogP contribution in [-0.2, 0) is 0 Å². The molecule has 1 aliphatic heterocycles. The third-order valence-corrected chi connectivity index (χ3v) is 3.34. The Morgan fingerprint density at radius 3 is 2.35 bits per heavy atom. The fourth-order valence-electron chi connectivity index (χ4n) is 2.31. The molecule has 1 aromatic carbocycles. The highest BCUT2D eigenvalue weighted by Crippen LogP contribution is 2.24. The van der Waals surface area contributed by atoms with Gasteiger partial charge in [0.05, 0.1) is 14.2 Å². The average Bonchev–Trinajstić information content (AvgIpc) is 2.45. The molecule has 0 spiro atoms. The van der Waals surface area contributed by atoms with E-state index in [1.807, 2.05) is 0 Å². The number of amides is 1. The van der Waals surface area contributed by atoms with Crippen LogP contribution in [0, 0.1) is 0 Å². The van der Waals surface area contributed by atoms with Crippen molar-refractivity contribution in [2.75, 3.05) is 27.3 Å². The molecular formula is C14H21ClN2O3. The third kappa shape index (κ3) is 3.77. The summed E-state index contributed by atoms with van der Waals surface area (Å²) in [7, 11) is 3.14. The summed E-state index contributed by atoms with van der Waals surface area (Å²) in [5, 5.41) is 0. The second-order valence-corrected chi connectivity index (χ2v) is 4.75. The minimum absolute atomic E-state index is 0. The van der Waals surface area contributed by atoms with Gasteiger partial charge in [0.1, 0.15) is 11.5 Å². The summed E-state index contributed by atoms with van der Waals surface area (Å²) in [6.45, 7) is 1.37. The van der Waals surface area contributed by atoms with Crippen molar-refractivity contribution in [2.24, 2.45) is 5.73 Å². The molecule has 0 unspecified atom stereocenters. The highest BCUT2D eigenvalue weighted by atomic mass is 35.5. The molecule has 20 heavy (non-hydrogen) atoms. The standard InChI is InChI=1S/C14H20N2O3.ClH/c1-18-12-6-10(7-13(8-12)19-2)14(17)16-5-3-4-11(15)9-16;/h6-8,11H,3-5,9,15H2,1-2H3;1H/t11-;/m1./s1. The largest absolute Gasteiger partial charge is 0.497 e. The maximum absolute atomic E-state index is 12.4. The Bertz CT molecular complexity index is 445. The predicted molar refractivity (Wildman–Crippen MR) is 79.9 cm³/mol. The van der Waals surface area contributed by atoms with Crippen molar-refractivity contribution in [1.82, 2.24) is 4.90 Å². The third-order valence-electron chi connectivity index (χ3n) is 3.34. The minimum atomic E-state index is -0.0210. The van der Waals surface area contributed by atoms with E-state index in [1.54, 1.807) is 37.3 Å². The van der Waals surface area contributed by atoms with Crippen LogP contribution in [0.3, 0.4) is 0 Å². The smallest absolute Gasteiger partial charge is 0.254 e. The Morgan fingerprint density at radius 1 is 1.25 bits per heavy atom. The van der Waals surface area contributed by atoms with Crippen LogP contribution in [0.2, 0.25) is 0 Å². The van der Waals surface area contributed by atoms with Crippen molar-refractivity contribution >= 4 is 18.3 Å². The van der Waals surface area contributed by atoms with Crippen LogP contribution in [-0.4, -0.2) is 44.2 Å². The van der Waals surface area contributed by atoms with Crippen molar-refractivity contribution in [3.8, 4) is 11.5 Å². The molecule has 0 radical (unpaired) electrons. The Kier molecular flexibility index (Phi) is 6.10. The summed E-state index contributed by atoms with van der Waals surface area (Å²) in [5.41, 5.74) is 6.48. The van der Waals surface area contributed by atoms with E-state index in [9.17, 15) is 4.79 Å². The molecule has 1 aliphatic rings. The van der Waals surface area contributed by atoms with E-state index in [2.05, 4.69) is 0 Å². The van der Waals surface area contributed by atoms with Gasteiger partial charge in [-0.3, -0.25) is 4.79 Å². The Morgan fingerprint density at radius 2 is 1.85 bits per heavy atom. The molecule has 1 aromatic rings. The van der Waals surface area contributed by atoms with Gasteiger partial charge in [-0.25, -0.2) is 0 Å². The molecule has 2 N–H and O–H groups in total. The number of hydrogen-bond donors (Lipinski definition) is 1. The number of carbonyl (C=O) groups is 1. The van der Waals surface area contributed by atoms with Crippen LogP contribution in [0.4, 0.5) is 0 Å². The topological polar surface area (TPSA) is 64.8 Å². The molecule has 112 valence electrons. The van der Waals surface area contributed by atoms with Crippen LogP contribution in [0.25, 0.3) is 0 Å². The van der Waals surface area contributed by atoms with Crippen molar-refractivity contribution in [2.45, 2.75) is 18.9 Å². The van der Waals surface area contributed by atoms with Crippen molar-refractivity contribution in [1.29, 1.82) is 0 Å². The number of methoxy groups -OCH3 is 2. The minimum Gasteiger partial charge on any atom is -0.497 e. The van der Waals surface area contributed by atoms with Crippen molar-refractivity contribution in [3.05, 3.63) is 23.8 Å². The van der Waals surface area contributed by atoms with Crippen LogP contribution >= 0.6 is 12.4 Å². The van der Waals surface area contributed by atoms with Gasteiger partial charge >= 0.3 is 0 Å². The number of ether oxygens (including phenoxy) is 2. The van der Waals surface area contributed by atoms with Gasteiger partial charge in [-0.2, -0.15) is 0 Å². The van der Waals surface area contributed by atoms with Gasteiger partial charge in [0, 0.05) is 30.8 Å². The molecule has 1 amide bonds. The van der Waals surface area contributed by atoms with Crippen molar-refractivity contribution < 1.29 is 14.3 Å². The first-order valence-electron chi connectivity index (χ1n) is 6.42. The number of carbonyl (C=O) groups excluding carboxylic acids is 1. The number of piperidine rings is 1. The summed E-state index contributed by atoms with van der Waals surface area (Å²) < 4.78 is 10.4. The first-order chi connectivity index (χ1) is 9.13. The molecular weight excluding hydrogens is 280 g/mol. The molecule has 0 bridgehead atoms. The van der Waals surface area contributed by atoms with Crippen LogP contribution in [0.15, 0.2) is 18.2 Å².